The van der Waals surface area contributed by atoms with Crippen LogP contribution in [-0.4, -0.2) is 55.0 Å². The van der Waals surface area contributed by atoms with Crippen molar-refractivity contribution in [2.45, 2.75) is 92.5 Å². The molecular weight excluding hydrogens is 605 g/mol. The lowest BCUT2D eigenvalue weighted by Crippen LogP contribution is -2.38. The summed E-state index contributed by atoms with van der Waals surface area (Å²) >= 11 is 6.98. The third-order valence-electron chi connectivity index (χ3n) is 6.03. The molecule has 1 saturated heterocycles. The molecule has 44 heavy (non-hydrogen) atoms. The summed E-state index contributed by atoms with van der Waals surface area (Å²) in [5, 5.41) is 5.47. The summed E-state index contributed by atoms with van der Waals surface area (Å²) in [5.41, 5.74) is 3.26. The van der Waals surface area contributed by atoms with Crippen molar-refractivity contribution >= 4 is 40.8 Å². The van der Waals surface area contributed by atoms with E-state index < -0.39 is 6.43 Å². The third kappa shape index (κ3) is 17.5. The van der Waals surface area contributed by atoms with Crippen molar-refractivity contribution in [1.29, 1.82) is 0 Å². The molecule has 3 rings (SSSR count). The van der Waals surface area contributed by atoms with Gasteiger partial charge in [-0.15, -0.1) is 0 Å². The van der Waals surface area contributed by atoms with Gasteiger partial charge in [-0.2, -0.15) is 0 Å². The maximum atomic E-state index is 12.1. The van der Waals surface area contributed by atoms with Gasteiger partial charge in [0.05, 0.1) is 18.3 Å². The van der Waals surface area contributed by atoms with E-state index >= 15 is 0 Å². The minimum absolute atomic E-state index is 0.00885. The number of benzene rings is 1. The van der Waals surface area contributed by atoms with Gasteiger partial charge in [-0.3, -0.25) is 14.8 Å². The highest BCUT2D eigenvalue weighted by atomic mass is 35.5. The SMILES string of the molecule is C=C(S/C=C\C)C1=NCC(C(/C=C\C)=NC)=C2CC(NC(C)=O)CN12.CC(F)F.CCCCCCC.Fc1cccc(Cl)c1. The van der Waals surface area contributed by atoms with Crippen molar-refractivity contribution in [3.63, 3.8) is 0 Å². The average molecular weight is 655 g/mol. The van der Waals surface area contributed by atoms with Crippen LogP contribution in [-0.2, 0) is 4.79 Å². The number of thioether (sulfide) groups is 1. The number of aliphatic imine (C=N–C) groups is 2. The molecular formula is C34H50ClF3N4OS. The Morgan fingerprint density at radius 1 is 1.23 bits per heavy atom. The van der Waals surface area contributed by atoms with Gasteiger partial charge in [0.25, 0.3) is 0 Å². The molecule has 1 amide bonds. The zero-order chi connectivity index (χ0) is 33.5. The normalized spacial score (nSPS) is 16.0. The average Bonchev–Trinajstić information content (AvgIpc) is 3.38. The van der Waals surface area contributed by atoms with Crippen LogP contribution in [0.25, 0.3) is 0 Å². The highest BCUT2D eigenvalue weighted by Crippen LogP contribution is 2.33. The Morgan fingerprint density at radius 2 is 1.86 bits per heavy atom. The Bertz CT molecular complexity index is 1140. The quantitative estimate of drug-likeness (QED) is 0.202. The monoisotopic (exact) mass is 654 g/mol. The lowest BCUT2D eigenvalue weighted by molar-refractivity contribution is -0.119. The number of amidine groups is 1. The first-order valence-electron chi connectivity index (χ1n) is 15.0. The van der Waals surface area contributed by atoms with Gasteiger partial charge in [-0.1, -0.05) is 94.1 Å². The number of halogens is 4. The van der Waals surface area contributed by atoms with Crippen LogP contribution < -0.4 is 5.32 Å². The molecule has 1 fully saturated rings. The Kier molecular flexibility index (Phi) is 23.0. The van der Waals surface area contributed by atoms with E-state index in [1.807, 2.05) is 37.5 Å². The maximum Gasteiger partial charge on any atom is 0.235 e. The lowest BCUT2D eigenvalue weighted by Gasteiger charge is -2.29. The number of rotatable bonds is 10. The van der Waals surface area contributed by atoms with E-state index in [9.17, 15) is 18.0 Å². The summed E-state index contributed by atoms with van der Waals surface area (Å²) in [6, 6.07) is 5.89. The number of allylic oxidation sites excluding steroid dienone is 3. The van der Waals surface area contributed by atoms with Gasteiger partial charge in [0.1, 0.15) is 11.7 Å². The van der Waals surface area contributed by atoms with Crippen molar-refractivity contribution in [2.24, 2.45) is 9.98 Å². The summed E-state index contributed by atoms with van der Waals surface area (Å²) in [4.78, 5) is 23.8. The molecule has 0 bridgehead atoms. The fourth-order valence-electron chi connectivity index (χ4n) is 4.23. The first kappa shape index (κ1) is 41.2. The molecule has 0 saturated carbocycles. The topological polar surface area (TPSA) is 57.1 Å². The van der Waals surface area contributed by atoms with Gasteiger partial charge < -0.3 is 10.2 Å². The molecule has 2 heterocycles. The zero-order valence-corrected chi connectivity index (χ0v) is 28.9. The third-order valence-corrected chi connectivity index (χ3v) is 7.14. The summed E-state index contributed by atoms with van der Waals surface area (Å²) in [5.74, 6) is 0.591. The van der Waals surface area contributed by atoms with Gasteiger partial charge in [-0.05, 0) is 50.5 Å². The van der Waals surface area contributed by atoms with E-state index in [1.54, 1.807) is 37.9 Å². The molecule has 1 atom stereocenters. The van der Waals surface area contributed by atoms with E-state index in [1.165, 1.54) is 49.9 Å². The van der Waals surface area contributed by atoms with Crippen LogP contribution in [0.3, 0.4) is 0 Å². The molecule has 1 unspecified atom stereocenters. The van der Waals surface area contributed by atoms with Gasteiger partial charge in [-0.25, -0.2) is 13.2 Å². The van der Waals surface area contributed by atoms with Gasteiger partial charge in [0.2, 0.25) is 12.3 Å². The fourth-order valence-corrected chi connectivity index (χ4v) is 4.99. The predicted octanol–water partition coefficient (Wildman–Crippen LogP) is 10.0. The number of carbonyl (C=O) groups excluding carboxylic acids is 1. The number of unbranched alkanes of at least 4 members (excludes halogenated alkanes) is 4. The van der Waals surface area contributed by atoms with Gasteiger partial charge in [0.15, 0.2) is 0 Å². The Hall–Kier alpha value is -2.78. The van der Waals surface area contributed by atoms with Gasteiger partial charge >= 0.3 is 0 Å². The number of hydrogen-bond acceptors (Lipinski definition) is 5. The van der Waals surface area contributed by atoms with Crippen molar-refractivity contribution in [2.75, 3.05) is 20.1 Å². The number of alkyl halides is 2. The highest BCUT2D eigenvalue weighted by Gasteiger charge is 2.36. The number of hydrogen-bond donors (Lipinski definition) is 1. The molecule has 2 aliphatic heterocycles. The van der Waals surface area contributed by atoms with E-state index in [2.05, 4.69) is 35.6 Å². The summed E-state index contributed by atoms with van der Waals surface area (Å²) in [6.45, 7) is 16.3. The van der Waals surface area contributed by atoms with E-state index in [4.69, 9.17) is 16.6 Å². The molecule has 5 nitrogen and oxygen atoms in total. The number of fused-ring (bicyclic) bond motifs is 1. The number of nitrogens with one attached hydrogen (secondary N) is 1. The van der Waals surface area contributed by atoms with Crippen LogP contribution in [0.4, 0.5) is 13.2 Å². The van der Waals surface area contributed by atoms with Crippen molar-refractivity contribution in [3.8, 4) is 0 Å². The molecule has 0 spiro atoms. The summed E-state index contributed by atoms with van der Waals surface area (Å²) in [6.07, 6.45) is 11.6. The predicted molar refractivity (Wildman–Crippen MR) is 185 cm³/mol. The number of carbonyl (C=O) groups is 1. The second-order valence-electron chi connectivity index (χ2n) is 9.92. The van der Waals surface area contributed by atoms with Crippen LogP contribution >= 0.6 is 23.4 Å². The maximum absolute atomic E-state index is 12.1. The smallest absolute Gasteiger partial charge is 0.235 e. The fraction of sp³-hybridized carbons (Fsp3) is 0.500. The van der Waals surface area contributed by atoms with Crippen molar-refractivity contribution in [3.05, 3.63) is 81.5 Å². The summed E-state index contributed by atoms with van der Waals surface area (Å²) in [7, 11) is 1.80. The second-order valence-corrected chi connectivity index (χ2v) is 11.4. The molecule has 246 valence electrons. The molecule has 2 aliphatic rings. The Labute approximate surface area is 272 Å². The first-order valence-corrected chi connectivity index (χ1v) is 16.3. The first-order chi connectivity index (χ1) is 20.9. The highest BCUT2D eigenvalue weighted by molar-refractivity contribution is 8.06. The van der Waals surface area contributed by atoms with E-state index in [-0.39, 0.29) is 17.8 Å². The van der Waals surface area contributed by atoms with E-state index in [0.717, 1.165) is 35.4 Å². The zero-order valence-electron chi connectivity index (χ0n) is 27.3. The second kappa shape index (κ2) is 24.5. The van der Waals surface area contributed by atoms with Crippen LogP contribution in [0.5, 0.6) is 0 Å². The lowest BCUT2D eigenvalue weighted by atomic mass is 10.0. The standard InChI is InChI=1S/C19H26N4OS.C7H16.C6H4ClF.C2H4F2/c1-6-8-17(20-5)16-11-21-19(13(3)25-9-7-2)23-12-15(10-18(16)23)22-14(4)24;1-3-5-7-6-4-2;7-5-2-1-3-6(8)4-5;1-2(3)4/h6-9,15H,3,10-12H2,1-2,4-5H3,(H,22,24);3-7H2,1-2H3;1-4H;2H,1H3/b8-6-,9-7-,20-17?;;;. The molecule has 1 N–H and O–H groups in total. The largest absolute Gasteiger partial charge is 0.351 e. The van der Waals surface area contributed by atoms with Gasteiger partial charge in [0, 0.05) is 48.1 Å². The van der Waals surface area contributed by atoms with Crippen LogP contribution in [0.1, 0.15) is 80.1 Å². The Balaban J connectivity index is 0.000000786. The van der Waals surface area contributed by atoms with Crippen molar-refractivity contribution < 1.29 is 18.0 Å². The summed E-state index contributed by atoms with van der Waals surface area (Å²) < 4.78 is 32.7. The molecule has 10 heteroatoms. The molecule has 0 aliphatic carbocycles. The van der Waals surface area contributed by atoms with Crippen LogP contribution in [0.15, 0.2) is 80.6 Å². The van der Waals surface area contributed by atoms with Crippen LogP contribution in [0.2, 0.25) is 5.02 Å². The minimum Gasteiger partial charge on any atom is -0.351 e. The number of amides is 1. The minimum atomic E-state index is -2.17. The van der Waals surface area contributed by atoms with Crippen LogP contribution in [0, 0.1) is 5.82 Å². The van der Waals surface area contributed by atoms with E-state index in [0.29, 0.717) is 18.1 Å². The molecule has 1 aromatic rings. The Morgan fingerprint density at radius 3 is 2.32 bits per heavy atom. The molecule has 1 aromatic carbocycles. The molecule has 0 radical (unpaired) electrons. The molecule has 0 aromatic heterocycles. The number of nitrogens with zero attached hydrogens (tertiary/aromatic N) is 3. The van der Waals surface area contributed by atoms with Crippen molar-refractivity contribution in [1.82, 2.24) is 10.2 Å².